The molecule has 3 aliphatic rings. The van der Waals surface area contributed by atoms with Gasteiger partial charge >= 0.3 is 6.09 Å². The van der Waals surface area contributed by atoms with E-state index in [9.17, 15) is 22.8 Å². The smallest absolute Gasteiger partial charge is 0.407 e. The molecule has 2 aliphatic heterocycles. The van der Waals surface area contributed by atoms with Crippen LogP contribution in [0.2, 0.25) is 5.02 Å². The Hall–Kier alpha value is -3.12. The summed E-state index contributed by atoms with van der Waals surface area (Å²) < 4.78 is 31.8. The first kappa shape index (κ1) is 25.5. The van der Waals surface area contributed by atoms with Crippen molar-refractivity contribution in [1.29, 1.82) is 0 Å². The monoisotopic (exact) mass is 549 g/mol. The van der Waals surface area contributed by atoms with Crippen LogP contribution < -0.4 is 10.6 Å². The summed E-state index contributed by atoms with van der Waals surface area (Å²) in [5, 5.41) is 5.91. The molecule has 3 amide bonds. The Morgan fingerprint density at radius 1 is 1.24 bits per heavy atom. The molecule has 2 aromatic rings. The Kier molecular flexibility index (Phi) is 6.22. The highest BCUT2D eigenvalue weighted by molar-refractivity contribution is 7.94. The minimum atomic E-state index is -3.78. The number of cyclic esters (lactones) is 1. The Morgan fingerprint density at radius 3 is 2.57 bits per heavy atom. The molecule has 3 heterocycles. The number of nitrogens with one attached hydrogen (secondary N) is 2. The number of carbonyl (C=O) groups is 3. The molecule has 2 fully saturated rings. The topological polar surface area (TPSA) is 140 Å². The second-order valence-corrected chi connectivity index (χ2v) is 13.6. The van der Waals surface area contributed by atoms with Gasteiger partial charge in [0.15, 0.2) is 15.7 Å². The second kappa shape index (κ2) is 9.02. The van der Waals surface area contributed by atoms with Gasteiger partial charge in [-0.1, -0.05) is 23.7 Å². The third kappa shape index (κ3) is 4.35. The van der Waals surface area contributed by atoms with Crippen molar-refractivity contribution in [3.8, 4) is 0 Å². The lowest BCUT2D eigenvalue weighted by Gasteiger charge is -2.37. The maximum absolute atomic E-state index is 13.7. The van der Waals surface area contributed by atoms with E-state index in [0.717, 1.165) is 5.56 Å². The highest BCUT2D eigenvalue weighted by Gasteiger charge is 2.63. The maximum atomic E-state index is 13.7. The first-order chi connectivity index (χ1) is 17.4. The summed E-state index contributed by atoms with van der Waals surface area (Å²) in [4.78, 5) is 43.3. The lowest BCUT2D eigenvalue weighted by atomic mass is 10.1. The summed E-state index contributed by atoms with van der Waals surface area (Å²) in [6.45, 7) is 4.12. The first-order valence-electron chi connectivity index (χ1n) is 12.0. The van der Waals surface area contributed by atoms with Crippen LogP contribution in [0.4, 0.5) is 4.79 Å². The molecule has 0 bridgehead atoms. The number of nitrogens with zero attached hydrogens (tertiary/aromatic N) is 3. The Balaban J connectivity index is 1.28. The second-order valence-electron chi connectivity index (χ2n) is 10.2. The molecule has 2 N–H and O–H groups in total. The zero-order valence-electron chi connectivity index (χ0n) is 20.5. The van der Waals surface area contributed by atoms with Gasteiger partial charge in [-0.15, -0.1) is 0 Å². The summed E-state index contributed by atoms with van der Waals surface area (Å²) >= 11 is 5.90. The molecule has 5 rings (SSSR count). The van der Waals surface area contributed by atoms with Crippen molar-refractivity contribution in [2.24, 2.45) is 0 Å². The Labute approximate surface area is 219 Å². The summed E-state index contributed by atoms with van der Waals surface area (Å²) in [6.07, 6.45) is 0.760. The molecule has 1 aromatic heterocycles. The van der Waals surface area contributed by atoms with Crippen molar-refractivity contribution in [3.63, 3.8) is 0 Å². The van der Waals surface area contributed by atoms with Crippen LogP contribution in [0.3, 0.4) is 0 Å². The van der Waals surface area contributed by atoms with E-state index in [4.69, 9.17) is 16.3 Å². The molecular weight excluding hydrogens is 522 g/mol. The SMILES string of the molecule is CC(C)([C@H]1CNC(=O)O1)S(=O)(=O)C1(CN2CCn3c(cnc3C(=O)NCc3ccc(Cl)cc3)C2=O)CC1. The molecule has 13 heteroatoms. The fraction of sp³-hybridized carbons (Fsp3) is 0.500. The third-order valence-corrected chi connectivity index (χ3v) is 11.1. The molecule has 1 atom stereocenters. The van der Waals surface area contributed by atoms with E-state index in [-0.39, 0.29) is 43.6 Å². The predicted octanol–water partition coefficient (Wildman–Crippen LogP) is 1.76. The normalized spacial score (nSPS) is 20.7. The number of sulfone groups is 1. The number of fused-ring (bicyclic) bond motifs is 1. The summed E-state index contributed by atoms with van der Waals surface area (Å²) in [5.41, 5.74) is 1.11. The number of halogens is 1. The van der Waals surface area contributed by atoms with E-state index in [1.807, 2.05) is 0 Å². The van der Waals surface area contributed by atoms with Crippen molar-refractivity contribution >= 4 is 39.3 Å². The van der Waals surface area contributed by atoms with Crippen LogP contribution in [0.15, 0.2) is 30.5 Å². The van der Waals surface area contributed by atoms with E-state index in [2.05, 4.69) is 15.6 Å². The van der Waals surface area contributed by atoms with Gasteiger partial charge in [0.2, 0.25) is 0 Å². The van der Waals surface area contributed by atoms with Crippen molar-refractivity contribution in [2.75, 3.05) is 19.6 Å². The zero-order chi connectivity index (χ0) is 26.6. The molecule has 1 saturated carbocycles. The van der Waals surface area contributed by atoms with Crippen LogP contribution >= 0.6 is 11.6 Å². The number of carbonyl (C=O) groups excluding carboxylic acids is 3. The molecular formula is C24H28ClN5O6S. The number of benzene rings is 1. The average Bonchev–Trinajstić information content (AvgIpc) is 3.30. The molecule has 37 heavy (non-hydrogen) atoms. The van der Waals surface area contributed by atoms with Crippen LogP contribution in [-0.2, 0) is 27.7 Å². The van der Waals surface area contributed by atoms with Gasteiger partial charge in [0.25, 0.3) is 11.8 Å². The van der Waals surface area contributed by atoms with Crippen molar-refractivity contribution in [3.05, 3.63) is 52.6 Å². The Morgan fingerprint density at radius 2 is 1.95 bits per heavy atom. The first-order valence-corrected chi connectivity index (χ1v) is 13.9. The van der Waals surface area contributed by atoms with E-state index in [1.54, 1.807) is 42.7 Å². The van der Waals surface area contributed by atoms with Crippen LogP contribution in [0.1, 0.15) is 53.4 Å². The fourth-order valence-electron chi connectivity index (χ4n) is 4.96. The van der Waals surface area contributed by atoms with Crippen molar-refractivity contribution < 1.29 is 27.5 Å². The molecule has 0 unspecified atom stereocenters. The van der Waals surface area contributed by atoms with Gasteiger partial charge in [-0.05, 0) is 44.4 Å². The summed E-state index contributed by atoms with van der Waals surface area (Å²) in [6, 6.07) is 7.08. The number of rotatable bonds is 8. The maximum Gasteiger partial charge on any atom is 0.407 e. The van der Waals surface area contributed by atoms with E-state index in [1.165, 1.54) is 11.1 Å². The lowest BCUT2D eigenvalue weighted by molar-refractivity contribution is 0.0697. The van der Waals surface area contributed by atoms with Crippen LogP contribution in [0, 0.1) is 0 Å². The molecule has 1 aliphatic carbocycles. The van der Waals surface area contributed by atoms with Gasteiger partial charge in [-0.25, -0.2) is 18.2 Å². The number of aromatic nitrogens is 2. The standard InChI is InChI=1S/C24H28ClN5O6S/c1-23(2,18-13-28-22(33)36-18)37(34,35)24(7-8-24)14-29-9-10-30-17(21(29)32)12-26-19(30)20(31)27-11-15-3-5-16(25)6-4-15/h3-6,12,18H,7-11,13-14H2,1-2H3,(H,27,31)(H,28,33)/t18-/m1/s1. The molecule has 198 valence electrons. The fourth-order valence-corrected chi connectivity index (χ4v) is 7.64. The van der Waals surface area contributed by atoms with E-state index in [0.29, 0.717) is 24.4 Å². The van der Waals surface area contributed by atoms with Crippen LogP contribution in [-0.4, -0.2) is 76.0 Å². The molecule has 11 nitrogen and oxygen atoms in total. The third-order valence-electron chi connectivity index (χ3n) is 7.53. The minimum absolute atomic E-state index is 0.0367. The van der Waals surface area contributed by atoms with Gasteiger partial charge < -0.3 is 24.8 Å². The number of hydrogen-bond donors (Lipinski definition) is 2. The van der Waals surface area contributed by atoms with Crippen LogP contribution in [0.25, 0.3) is 0 Å². The van der Waals surface area contributed by atoms with Gasteiger partial charge in [0.05, 0.1) is 17.5 Å². The average molecular weight is 550 g/mol. The zero-order valence-corrected chi connectivity index (χ0v) is 22.1. The van der Waals surface area contributed by atoms with Gasteiger partial charge in [0, 0.05) is 31.2 Å². The summed E-state index contributed by atoms with van der Waals surface area (Å²) in [7, 11) is -3.78. The molecule has 1 saturated heterocycles. The van der Waals surface area contributed by atoms with E-state index < -0.39 is 37.4 Å². The minimum Gasteiger partial charge on any atom is -0.443 e. The lowest BCUT2D eigenvalue weighted by Crippen LogP contribution is -2.55. The van der Waals surface area contributed by atoms with Crippen molar-refractivity contribution in [2.45, 2.75) is 55.4 Å². The number of ether oxygens (including phenoxy) is 1. The number of alkyl carbamates (subject to hydrolysis) is 1. The number of hydrogen-bond acceptors (Lipinski definition) is 7. The van der Waals surface area contributed by atoms with E-state index >= 15 is 0 Å². The van der Waals surface area contributed by atoms with Crippen molar-refractivity contribution in [1.82, 2.24) is 25.1 Å². The molecule has 0 radical (unpaired) electrons. The number of imidazole rings is 1. The molecule has 1 aromatic carbocycles. The number of amides is 3. The predicted molar refractivity (Wildman–Crippen MR) is 134 cm³/mol. The van der Waals surface area contributed by atoms with Gasteiger partial charge in [-0.2, -0.15) is 0 Å². The Bertz CT molecular complexity index is 1370. The molecule has 0 spiro atoms. The van der Waals surface area contributed by atoms with Gasteiger partial charge in [-0.3, -0.25) is 9.59 Å². The summed E-state index contributed by atoms with van der Waals surface area (Å²) in [5.74, 6) is -0.656. The highest BCUT2D eigenvalue weighted by Crippen LogP contribution is 2.50. The largest absolute Gasteiger partial charge is 0.443 e. The van der Waals surface area contributed by atoms with Crippen LogP contribution in [0.5, 0.6) is 0 Å². The quantitative estimate of drug-likeness (QED) is 0.511. The van der Waals surface area contributed by atoms with Gasteiger partial charge in [0.1, 0.15) is 16.5 Å². The highest BCUT2D eigenvalue weighted by atomic mass is 35.5.